The quantitative estimate of drug-likeness (QED) is 0.201. The van der Waals surface area contributed by atoms with Crippen LogP contribution in [0.5, 0.6) is 0 Å². The Labute approximate surface area is 89.7 Å². The number of hydrogen-bond acceptors (Lipinski definition) is 4. The molecule has 0 bridgehead atoms. The van der Waals surface area contributed by atoms with E-state index in [9.17, 15) is 4.57 Å². The molecule has 0 aromatic heterocycles. The summed E-state index contributed by atoms with van der Waals surface area (Å²) < 4.78 is 18.5. The Morgan fingerprint density at radius 2 is 2.15 bits per heavy atom. The Kier molecular flexibility index (Phi) is 7.17. The zero-order valence-corrected chi connectivity index (χ0v) is 9.32. The van der Waals surface area contributed by atoms with E-state index in [1.807, 2.05) is 0 Å². The lowest BCUT2D eigenvalue weighted by molar-refractivity contribution is -0.217. The summed E-state index contributed by atoms with van der Waals surface area (Å²) in [6.45, 7) is -0.0478. The Morgan fingerprint density at radius 3 is 2.62 bits per heavy atom. The van der Waals surface area contributed by atoms with Crippen molar-refractivity contribution in [3.8, 4) is 0 Å². The van der Waals surface area contributed by atoms with Gasteiger partial charge in [-0.25, -0.2) is 9.45 Å². The monoisotopic (exact) mass is 270 g/mol. The lowest BCUT2D eigenvalue weighted by atomic mass is 10.9. The first-order valence-electron chi connectivity index (χ1n) is 2.87. The third-order valence-electron chi connectivity index (χ3n) is 0.582. The van der Waals surface area contributed by atoms with Gasteiger partial charge in [0.15, 0.2) is 0 Å². The van der Waals surface area contributed by atoms with Crippen LogP contribution >= 0.6 is 42.6 Å². The summed E-state index contributed by atoms with van der Waals surface area (Å²) in [5.41, 5.74) is 0. The van der Waals surface area contributed by atoms with E-state index in [1.165, 1.54) is 0 Å². The highest BCUT2D eigenvalue weighted by molar-refractivity contribution is 7.47. The van der Waals surface area contributed by atoms with E-state index in [4.69, 9.17) is 39.7 Å². The van der Waals surface area contributed by atoms with Gasteiger partial charge in [-0.2, -0.15) is 0 Å². The maximum Gasteiger partial charge on any atom is 0.554 e. The van der Waals surface area contributed by atoms with E-state index in [-0.39, 0.29) is 17.0 Å². The largest absolute Gasteiger partial charge is 0.554 e. The average molecular weight is 271 g/mol. The molecule has 0 rings (SSSR count). The van der Waals surface area contributed by atoms with E-state index in [2.05, 4.69) is 14.1 Å². The molecular formula is C4H6Cl3O5P. The van der Waals surface area contributed by atoms with Crippen LogP contribution in [0.1, 0.15) is 0 Å². The van der Waals surface area contributed by atoms with Gasteiger partial charge >= 0.3 is 7.82 Å². The molecule has 0 aliphatic carbocycles. The zero-order valence-electron chi connectivity index (χ0n) is 6.15. The molecule has 0 aromatic carbocycles. The molecule has 0 fully saturated rings. The van der Waals surface area contributed by atoms with Crippen LogP contribution < -0.4 is 0 Å². The van der Waals surface area contributed by atoms with Crippen molar-refractivity contribution in [1.29, 1.82) is 0 Å². The van der Waals surface area contributed by atoms with E-state index in [0.29, 0.717) is 6.26 Å². The van der Waals surface area contributed by atoms with Crippen molar-refractivity contribution in [1.82, 2.24) is 0 Å². The summed E-state index contributed by atoms with van der Waals surface area (Å²) in [6.07, 6.45) is 0.647. The summed E-state index contributed by atoms with van der Waals surface area (Å²) in [6, 6.07) is 0. The molecule has 0 aromatic rings. The van der Waals surface area contributed by atoms with E-state index in [0.717, 1.165) is 0 Å². The average Bonchev–Trinajstić information content (AvgIpc) is 2.02. The summed E-state index contributed by atoms with van der Waals surface area (Å²) >= 11 is 15.4. The Balaban J connectivity index is 3.80. The van der Waals surface area contributed by atoms with Gasteiger partial charge in [-0.3, -0.25) is 4.89 Å². The van der Waals surface area contributed by atoms with Gasteiger partial charge in [0.05, 0.1) is 6.61 Å². The minimum Gasteiger partial charge on any atom is -0.408 e. The van der Waals surface area contributed by atoms with Gasteiger partial charge in [0, 0.05) is 5.88 Å². The van der Waals surface area contributed by atoms with E-state index < -0.39 is 7.82 Å². The molecule has 0 aliphatic heterocycles. The normalized spacial score (nSPS) is 14.8. The first-order valence-corrected chi connectivity index (χ1v) is 5.66. The molecule has 0 spiro atoms. The van der Waals surface area contributed by atoms with Crippen LogP contribution in [0.3, 0.4) is 0 Å². The molecular weight excluding hydrogens is 265 g/mol. The lowest BCUT2D eigenvalue weighted by Crippen LogP contribution is -1.96. The predicted molar refractivity (Wildman–Crippen MR) is 48.5 cm³/mol. The van der Waals surface area contributed by atoms with Gasteiger partial charge in [0.1, 0.15) is 10.8 Å². The summed E-state index contributed by atoms with van der Waals surface area (Å²) in [5, 5.41) is 0. The highest BCUT2D eigenvalue weighted by atomic mass is 35.5. The summed E-state index contributed by atoms with van der Waals surface area (Å²) in [7, 11) is -4.30. The molecule has 9 heteroatoms. The van der Waals surface area contributed by atoms with Crippen LogP contribution in [0, 0.1) is 0 Å². The SMILES string of the molecule is O=P(O)(OC=C(Cl)Cl)OOCCCl. The van der Waals surface area contributed by atoms with Crippen LogP contribution in [0.2, 0.25) is 0 Å². The highest BCUT2D eigenvalue weighted by Crippen LogP contribution is 2.44. The second kappa shape index (κ2) is 6.90. The van der Waals surface area contributed by atoms with Crippen LogP contribution in [-0.2, 0) is 18.7 Å². The second-order valence-electron chi connectivity index (χ2n) is 1.57. The molecule has 78 valence electrons. The standard InChI is InChI=1S/C4H6Cl3O5P/c5-1-2-10-12-13(8,9)11-3-4(6)7/h3H,1-2H2,(H,8,9). The second-order valence-corrected chi connectivity index (χ2v) is 4.25. The van der Waals surface area contributed by atoms with E-state index >= 15 is 0 Å². The number of alkyl halides is 1. The number of halogens is 3. The molecule has 0 aliphatic rings. The number of phosphoric ester groups is 1. The Morgan fingerprint density at radius 1 is 1.54 bits per heavy atom. The van der Waals surface area contributed by atoms with Gasteiger partial charge in [-0.1, -0.05) is 23.2 Å². The maximum atomic E-state index is 10.8. The molecule has 0 saturated carbocycles. The van der Waals surface area contributed by atoms with Gasteiger partial charge in [0.25, 0.3) is 0 Å². The molecule has 1 unspecified atom stereocenters. The number of hydrogen-bond donors (Lipinski definition) is 1. The van der Waals surface area contributed by atoms with Crippen molar-refractivity contribution in [3.05, 3.63) is 10.8 Å². The van der Waals surface area contributed by atoms with Crippen LogP contribution in [0.4, 0.5) is 0 Å². The fraction of sp³-hybridized carbons (Fsp3) is 0.500. The van der Waals surface area contributed by atoms with Crippen molar-refractivity contribution < 1.29 is 23.5 Å². The van der Waals surface area contributed by atoms with Gasteiger partial charge in [-0.05, 0) is 0 Å². The lowest BCUT2D eigenvalue weighted by Gasteiger charge is -2.07. The minimum atomic E-state index is -4.30. The number of rotatable bonds is 6. The molecule has 0 radical (unpaired) electrons. The smallest absolute Gasteiger partial charge is 0.408 e. The van der Waals surface area contributed by atoms with Crippen LogP contribution in [0.25, 0.3) is 0 Å². The Bertz CT molecular complexity index is 216. The summed E-state index contributed by atoms with van der Waals surface area (Å²) in [5.74, 6) is 0.117. The van der Waals surface area contributed by atoms with Crippen molar-refractivity contribution in [2.75, 3.05) is 12.5 Å². The van der Waals surface area contributed by atoms with Crippen molar-refractivity contribution in [2.45, 2.75) is 0 Å². The van der Waals surface area contributed by atoms with Crippen LogP contribution in [0.15, 0.2) is 10.8 Å². The van der Waals surface area contributed by atoms with Gasteiger partial charge in [0.2, 0.25) is 0 Å². The first kappa shape index (κ1) is 13.5. The van der Waals surface area contributed by atoms with Crippen molar-refractivity contribution in [3.63, 3.8) is 0 Å². The molecule has 13 heavy (non-hydrogen) atoms. The van der Waals surface area contributed by atoms with Gasteiger partial charge in [-0.15, -0.1) is 16.3 Å². The Hall–Kier alpha value is 0.520. The van der Waals surface area contributed by atoms with Crippen molar-refractivity contribution in [2.24, 2.45) is 0 Å². The molecule has 1 atom stereocenters. The minimum absolute atomic E-state index is 0.0478. The third-order valence-corrected chi connectivity index (χ3v) is 1.58. The fourth-order valence-corrected chi connectivity index (χ4v) is 1.02. The van der Waals surface area contributed by atoms with Gasteiger partial charge < -0.3 is 4.52 Å². The molecule has 5 nitrogen and oxygen atoms in total. The topological polar surface area (TPSA) is 65.0 Å². The molecule has 0 heterocycles. The van der Waals surface area contributed by atoms with Crippen molar-refractivity contribution >= 4 is 42.6 Å². The molecule has 1 N–H and O–H groups in total. The third kappa shape index (κ3) is 8.84. The fourth-order valence-electron chi connectivity index (χ4n) is 0.259. The summed E-state index contributed by atoms with van der Waals surface area (Å²) in [4.78, 5) is 13.0. The maximum absolute atomic E-state index is 10.8. The molecule has 0 saturated heterocycles. The van der Waals surface area contributed by atoms with Crippen LogP contribution in [-0.4, -0.2) is 17.4 Å². The first-order chi connectivity index (χ1) is 5.98. The van der Waals surface area contributed by atoms with E-state index in [1.54, 1.807) is 0 Å². The zero-order chi connectivity index (χ0) is 10.3. The highest BCUT2D eigenvalue weighted by Gasteiger charge is 2.22. The number of phosphoric acid groups is 1. The molecule has 0 amide bonds. The predicted octanol–water partition coefficient (Wildman–Crippen LogP) is 2.57.